The van der Waals surface area contributed by atoms with Crippen LogP contribution in [0.25, 0.3) is 5.65 Å². The van der Waals surface area contributed by atoms with E-state index < -0.39 is 0 Å². The molecule has 0 spiro atoms. The number of aromatic amines is 1. The maximum Gasteiger partial charge on any atom is 0.272 e. The van der Waals surface area contributed by atoms with Gasteiger partial charge in [-0.25, -0.2) is 9.50 Å². The summed E-state index contributed by atoms with van der Waals surface area (Å²) in [6, 6.07) is 5.60. The van der Waals surface area contributed by atoms with Crippen molar-refractivity contribution in [3.63, 3.8) is 0 Å². The van der Waals surface area contributed by atoms with Crippen molar-refractivity contribution in [2.24, 2.45) is 0 Å². The van der Waals surface area contributed by atoms with Gasteiger partial charge in [0.1, 0.15) is 0 Å². The van der Waals surface area contributed by atoms with Gasteiger partial charge >= 0.3 is 0 Å². The average Bonchev–Trinajstić information content (AvgIpc) is 3.31. The average molecular weight is 400 g/mol. The van der Waals surface area contributed by atoms with Gasteiger partial charge < -0.3 is 5.73 Å². The highest BCUT2D eigenvalue weighted by Crippen LogP contribution is 2.32. The number of nitrogens with two attached hydrogens (primary N) is 1. The molecule has 28 heavy (non-hydrogen) atoms. The molecule has 4 rings (SSSR count). The van der Waals surface area contributed by atoms with E-state index in [9.17, 15) is 4.79 Å². The van der Waals surface area contributed by atoms with E-state index >= 15 is 0 Å². The molecule has 0 aliphatic carbocycles. The van der Waals surface area contributed by atoms with Crippen molar-refractivity contribution in [1.29, 1.82) is 0 Å². The van der Waals surface area contributed by atoms with E-state index in [1.165, 1.54) is 4.52 Å². The van der Waals surface area contributed by atoms with Gasteiger partial charge in [-0.1, -0.05) is 18.5 Å². The number of nitrogens with one attached hydrogen (secondary N) is 1. The first-order valence-electron chi connectivity index (χ1n) is 9.75. The third-order valence-corrected chi connectivity index (χ3v) is 6.36. The number of anilines is 1. The molecule has 0 amide bonds. The summed E-state index contributed by atoms with van der Waals surface area (Å²) >= 11 is 6.37. The fraction of sp³-hybridized carbons (Fsp3) is 0.429. The summed E-state index contributed by atoms with van der Waals surface area (Å²) < 4.78 is 1.54. The Morgan fingerprint density at radius 1 is 1.29 bits per heavy atom. The molecule has 1 unspecified atom stereocenters. The van der Waals surface area contributed by atoms with Crippen LogP contribution in [0.4, 0.5) is 5.69 Å². The Bertz CT molecular complexity index is 1100. The summed E-state index contributed by atoms with van der Waals surface area (Å²) in [7, 11) is 0. The number of H-pyrrole nitrogens is 1. The van der Waals surface area contributed by atoms with E-state index in [1.807, 2.05) is 32.9 Å². The van der Waals surface area contributed by atoms with Crippen molar-refractivity contribution in [2.45, 2.75) is 46.1 Å². The molecular formula is C21H26ClN5O. The Hall–Kier alpha value is -2.31. The summed E-state index contributed by atoms with van der Waals surface area (Å²) in [6.07, 6.45) is 1.78. The highest BCUT2D eigenvalue weighted by atomic mass is 35.5. The monoisotopic (exact) mass is 399 g/mol. The molecule has 1 fully saturated rings. The highest BCUT2D eigenvalue weighted by molar-refractivity contribution is 6.31. The van der Waals surface area contributed by atoms with Crippen LogP contribution in [0.3, 0.4) is 0 Å². The van der Waals surface area contributed by atoms with Crippen molar-refractivity contribution in [3.05, 3.63) is 61.7 Å². The van der Waals surface area contributed by atoms with Crippen LogP contribution >= 0.6 is 11.6 Å². The van der Waals surface area contributed by atoms with Gasteiger partial charge in [-0.3, -0.25) is 14.8 Å². The largest absolute Gasteiger partial charge is 0.398 e. The second-order valence-corrected chi connectivity index (χ2v) is 8.15. The molecule has 3 heterocycles. The Balaban J connectivity index is 1.54. The molecule has 6 nitrogen and oxygen atoms in total. The molecule has 7 heteroatoms. The number of hydrogen-bond acceptors (Lipinski definition) is 4. The normalized spacial score (nSPS) is 17.6. The molecule has 3 aromatic rings. The van der Waals surface area contributed by atoms with E-state index in [1.54, 1.807) is 6.07 Å². The number of nitrogen functional groups attached to an aromatic ring is 1. The van der Waals surface area contributed by atoms with Gasteiger partial charge in [0, 0.05) is 53.2 Å². The van der Waals surface area contributed by atoms with Gasteiger partial charge in [0.25, 0.3) is 5.56 Å². The maximum atomic E-state index is 12.3. The number of hydrogen-bond donors (Lipinski definition) is 2. The van der Waals surface area contributed by atoms with E-state index in [2.05, 4.69) is 15.0 Å². The number of benzene rings is 1. The van der Waals surface area contributed by atoms with E-state index in [-0.39, 0.29) is 5.56 Å². The Morgan fingerprint density at radius 3 is 2.82 bits per heavy atom. The number of nitrogens with zero attached hydrogens (tertiary/aromatic N) is 3. The predicted molar refractivity (Wildman–Crippen MR) is 113 cm³/mol. The first kappa shape index (κ1) is 19.0. The number of rotatable bonds is 4. The molecule has 1 aliphatic rings. The van der Waals surface area contributed by atoms with Crippen LogP contribution in [0.15, 0.2) is 23.0 Å². The number of fused-ring (bicyclic) bond motifs is 1. The minimum absolute atomic E-state index is 0.0551. The lowest BCUT2D eigenvalue weighted by molar-refractivity contribution is 0.327. The van der Waals surface area contributed by atoms with Gasteiger partial charge in [0.15, 0.2) is 5.65 Å². The summed E-state index contributed by atoms with van der Waals surface area (Å²) in [5.74, 6) is 0.342. The molecule has 1 saturated heterocycles. The van der Waals surface area contributed by atoms with Crippen LogP contribution in [-0.2, 0) is 13.0 Å². The quantitative estimate of drug-likeness (QED) is 0.659. The fourth-order valence-corrected chi connectivity index (χ4v) is 4.29. The predicted octanol–water partition coefficient (Wildman–Crippen LogP) is 3.43. The Morgan fingerprint density at radius 2 is 2.07 bits per heavy atom. The zero-order chi connectivity index (χ0) is 20.0. The second kappa shape index (κ2) is 7.26. The lowest BCUT2D eigenvalue weighted by Crippen LogP contribution is -2.21. The second-order valence-electron chi connectivity index (χ2n) is 7.75. The zero-order valence-corrected chi connectivity index (χ0v) is 17.3. The first-order chi connectivity index (χ1) is 13.4. The van der Waals surface area contributed by atoms with E-state index in [0.717, 1.165) is 71.3 Å². The van der Waals surface area contributed by atoms with Crippen LogP contribution in [0.2, 0.25) is 5.02 Å². The van der Waals surface area contributed by atoms with Crippen LogP contribution in [-0.4, -0.2) is 32.6 Å². The van der Waals surface area contributed by atoms with E-state index in [0.29, 0.717) is 11.6 Å². The lowest BCUT2D eigenvalue weighted by atomic mass is 10.0. The van der Waals surface area contributed by atoms with Gasteiger partial charge in [0.2, 0.25) is 0 Å². The van der Waals surface area contributed by atoms with Gasteiger partial charge in [0.05, 0.1) is 0 Å². The van der Waals surface area contributed by atoms with E-state index in [4.69, 9.17) is 17.3 Å². The van der Waals surface area contributed by atoms with Gasteiger partial charge in [-0.2, -0.15) is 0 Å². The molecule has 1 aliphatic heterocycles. The minimum atomic E-state index is -0.0551. The summed E-state index contributed by atoms with van der Waals surface area (Å²) in [6.45, 7) is 8.69. The van der Waals surface area contributed by atoms with Crippen molar-refractivity contribution in [2.75, 3.05) is 18.8 Å². The third kappa shape index (κ3) is 3.31. The number of halogens is 1. The first-order valence-corrected chi connectivity index (χ1v) is 10.1. The molecule has 2 aromatic heterocycles. The molecule has 1 atom stereocenters. The van der Waals surface area contributed by atoms with Crippen molar-refractivity contribution in [1.82, 2.24) is 19.5 Å². The molecule has 1 aromatic carbocycles. The molecule has 0 radical (unpaired) electrons. The Labute approximate surface area is 169 Å². The molecule has 0 saturated carbocycles. The zero-order valence-electron chi connectivity index (χ0n) is 16.6. The van der Waals surface area contributed by atoms with Crippen molar-refractivity contribution in [3.8, 4) is 0 Å². The van der Waals surface area contributed by atoms with Gasteiger partial charge in [-0.15, -0.1) is 0 Å². The third-order valence-electron chi connectivity index (χ3n) is 5.96. The standard InChI is InChI=1S/C21H26ClN5O/c1-4-16-8-20(28)27-19(24-16)9-18(25-27)14-5-6-26(10-14)11-15-7-17(22)12(2)13(3)21(15)23/h7-9,14,25H,4-6,10-11,23H2,1-3H3. The van der Waals surface area contributed by atoms with Crippen molar-refractivity contribution >= 4 is 22.9 Å². The fourth-order valence-electron chi connectivity index (χ4n) is 4.01. The molecular weight excluding hydrogens is 374 g/mol. The summed E-state index contributed by atoms with van der Waals surface area (Å²) in [4.78, 5) is 19.2. The SMILES string of the molecule is CCc1cc(=O)n2[nH]c(C3CCN(Cc4cc(Cl)c(C)c(C)c4N)C3)cc2n1. The van der Waals surface area contributed by atoms with Crippen LogP contribution in [0.5, 0.6) is 0 Å². The van der Waals surface area contributed by atoms with Gasteiger partial charge in [-0.05, 0) is 56.0 Å². The number of aromatic nitrogens is 3. The summed E-state index contributed by atoms with van der Waals surface area (Å²) in [5.41, 5.74) is 12.9. The molecule has 3 N–H and O–H groups in total. The van der Waals surface area contributed by atoms with Crippen molar-refractivity contribution < 1.29 is 0 Å². The minimum Gasteiger partial charge on any atom is -0.398 e. The van der Waals surface area contributed by atoms with Crippen LogP contribution in [0.1, 0.15) is 47.3 Å². The lowest BCUT2D eigenvalue weighted by Gasteiger charge is -2.19. The Kier molecular flexibility index (Phi) is 4.93. The smallest absolute Gasteiger partial charge is 0.272 e. The molecule has 148 valence electrons. The van der Waals surface area contributed by atoms with Crippen LogP contribution < -0.4 is 11.3 Å². The number of likely N-dealkylation sites (tertiary alicyclic amines) is 1. The maximum absolute atomic E-state index is 12.3. The summed E-state index contributed by atoms with van der Waals surface area (Å²) in [5, 5.41) is 4.02. The van der Waals surface area contributed by atoms with Crippen LogP contribution in [0, 0.1) is 13.8 Å². The number of aryl methyl sites for hydroxylation is 1. The highest BCUT2D eigenvalue weighted by Gasteiger charge is 2.26. The molecule has 0 bridgehead atoms. The topological polar surface area (TPSA) is 79.4 Å².